The lowest BCUT2D eigenvalue weighted by atomic mass is 10.0. The van der Waals surface area contributed by atoms with Crippen LogP contribution in [-0.4, -0.2) is 24.4 Å². The molecular formula is C13H16N2O. The zero-order chi connectivity index (χ0) is 12.0. The molecule has 0 spiro atoms. The van der Waals surface area contributed by atoms with Crippen LogP contribution in [0.3, 0.4) is 0 Å². The average Bonchev–Trinajstić information content (AvgIpc) is 2.34. The predicted molar refractivity (Wildman–Crippen MR) is 63.0 cm³/mol. The smallest absolute Gasteiger partial charge is 0.253 e. The van der Waals surface area contributed by atoms with Crippen LogP contribution >= 0.6 is 0 Å². The number of rotatable bonds is 4. The van der Waals surface area contributed by atoms with Gasteiger partial charge in [0.05, 0.1) is 12.5 Å². The molecule has 0 atom stereocenters. The summed E-state index contributed by atoms with van der Waals surface area (Å²) in [6.45, 7) is 2.51. The number of nitriles is 1. The minimum absolute atomic E-state index is 0.00676. The van der Waals surface area contributed by atoms with Gasteiger partial charge in [0.2, 0.25) is 0 Å². The van der Waals surface area contributed by atoms with Gasteiger partial charge in [-0.25, -0.2) is 0 Å². The topological polar surface area (TPSA) is 44.1 Å². The standard InChI is InChI=1S/C13H16N2O/c1-3-11-7-4-5-8-12(11)13(16)15(2)10-6-9-14/h4-5,7-8H,3,6,10H2,1-2H3. The Balaban J connectivity index is 2.83. The van der Waals surface area contributed by atoms with Gasteiger partial charge in [0.1, 0.15) is 0 Å². The molecule has 3 nitrogen and oxygen atoms in total. The van der Waals surface area contributed by atoms with Gasteiger partial charge in [-0.1, -0.05) is 25.1 Å². The van der Waals surface area contributed by atoms with Crippen molar-refractivity contribution < 1.29 is 4.79 Å². The first kappa shape index (κ1) is 12.3. The van der Waals surface area contributed by atoms with Crippen LogP contribution in [0, 0.1) is 11.3 Å². The number of amides is 1. The van der Waals surface area contributed by atoms with Crippen molar-refractivity contribution in [2.24, 2.45) is 0 Å². The summed E-state index contributed by atoms with van der Waals surface area (Å²) >= 11 is 0. The Bertz CT molecular complexity index is 407. The lowest BCUT2D eigenvalue weighted by molar-refractivity contribution is 0.0797. The molecule has 0 bridgehead atoms. The van der Waals surface area contributed by atoms with Gasteiger partial charge < -0.3 is 4.90 Å². The molecule has 0 radical (unpaired) electrons. The van der Waals surface area contributed by atoms with E-state index in [0.717, 1.165) is 17.5 Å². The molecule has 1 amide bonds. The fourth-order valence-electron chi connectivity index (χ4n) is 1.56. The summed E-state index contributed by atoms with van der Waals surface area (Å²) in [5.41, 5.74) is 1.79. The highest BCUT2D eigenvalue weighted by Gasteiger charge is 2.13. The van der Waals surface area contributed by atoms with Gasteiger partial charge >= 0.3 is 0 Å². The predicted octanol–water partition coefficient (Wildman–Crippen LogP) is 2.23. The summed E-state index contributed by atoms with van der Waals surface area (Å²) in [7, 11) is 1.73. The molecule has 1 rings (SSSR count). The van der Waals surface area contributed by atoms with Gasteiger partial charge in [0, 0.05) is 19.2 Å². The second-order valence-corrected chi connectivity index (χ2v) is 3.65. The molecule has 3 heteroatoms. The van der Waals surface area contributed by atoms with Crippen LogP contribution in [0.5, 0.6) is 0 Å². The fraction of sp³-hybridized carbons (Fsp3) is 0.385. The Morgan fingerprint density at radius 3 is 2.75 bits per heavy atom. The maximum atomic E-state index is 12.0. The minimum atomic E-state index is -0.00676. The second kappa shape index (κ2) is 5.92. The number of hydrogen-bond acceptors (Lipinski definition) is 2. The second-order valence-electron chi connectivity index (χ2n) is 3.65. The molecule has 1 aromatic carbocycles. The van der Waals surface area contributed by atoms with Crippen LogP contribution in [0.1, 0.15) is 29.3 Å². The molecule has 0 heterocycles. The fourth-order valence-corrected chi connectivity index (χ4v) is 1.56. The Morgan fingerprint density at radius 1 is 1.44 bits per heavy atom. The van der Waals surface area contributed by atoms with Crippen LogP contribution in [0.2, 0.25) is 0 Å². The molecule has 1 aromatic rings. The number of hydrogen-bond donors (Lipinski definition) is 0. The maximum Gasteiger partial charge on any atom is 0.253 e. The van der Waals surface area contributed by atoms with E-state index in [9.17, 15) is 4.79 Å². The summed E-state index contributed by atoms with van der Waals surface area (Å²) in [6, 6.07) is 9.64. The third-order valence-electron chi connectivity index (χ3n) is 2.53. The van der Waals surface area contributed by atoms with Gasteiger partial charge in [-0.2, -0.15) is 5.26 Å². The zero-order valence-electron chi connectivity index (χ0n) is 9.73. The van der Waals surface area contributed by atoms with Gasteiger partial charge in [-0.15, -0.1) is 0 Å². The SMILES string of the molecule is CCc1ccccc1C(=O)N(C)CCC#N. The van der Waals surface area contributed by atoms with Crippen LogP contribution in [-0.2, 0) is 6.42 Å². The van der Waals surface area contributed by atoms with E-state index < -0.39 is 0 Å². The van der Waals surface area contributed by atoms with E-state index in [2.05, 4.69) is 0 Å². The number of carbonyl (C=O) groups is 1. The molecule has 0 unspecified atom stereocenters. The van der Waals surface area contributed by atoms with E-state index in [4.69, 9.17) is 5.26 Å². The quantitative estimate of drug-likeness (QED) is 0.774. The van der Waals surface area contributed by atoms with Gasteiger partial charge in [-0.05, 0) is 18.1 Å². The van der Waals surface area contributed by atoms with Gasteiger partial charge in [0.15, 0.2) is 0 Å². The van der Waals surface area contributed by atoms with Crippen molar-refractivity contribution in [3.05, 3.63) is 35.4 Å². The van der Waals surface area contributed by atoms with Crippen LogP contribution in [0.15, 0.2) is 24.3 Å². The summed E-state index contributed by atoms with van der Waals surface area (Å²) in [5.74, 6) is -0.00676. The molecule has 16 heavy (non-hydrogen) atoms. The van der Waals surface area contributed by atoms with Crippen LogP contribution < -0.4 is 0 Å². The molecule has 0 aliphatic carbocycles. The molecule has 0 saturated heterocycles. The van der Waals surface area contributed by atoms with Crippen molar-refractivity contribution in [3.8, 4) is 6.07 Å². The summed E-state index contributed by atoms with van der Waals surface area (Å²) in [4.78, 5) is 13.6. The first-order chi connectivity index (χ1) is 7.70. The Kier molecular flexibility index (Phi) is 4.53. The molecule has 0 aromatic heterocycles. The molecule has 0 N–H and O–H groups in total. The molecular weight excluding hydrogens is 200 g/mol. The van der Waals surface area contributed by atoms with E-state index in [-0.39, 0.29) is 5.91 Å². The van der Waals surface area contributed by atoms with Gasteiger partial charge in [0.25, 0.3) is 5.91 Å². The highest BCUT2D eigenvalue weighted by atomic mass is 16.2. The average molecular weight is 216 g/mol. The lowest BCUT2D eigenvalue weighted by Gasteiger charge is -2.17. The normalized spacial score (nSPS) is 9.56. The molecule has 0 aliphatic heterocycles. The van der Waals surface area contributed by atoms with Crippen molar-refractivity contribution in [1.29, 1.82) is 5.26 Å². The van der Waals surface area contributed by atoms with Crippen molar-refractivity contribution in [1.82, 2.24) is 4.90 Å². The first-order valence-corrected chi connectivity index (χ1v) is 5.41. The zero-order valence-corrected chi connectivity index (χ0v) is 9.73. The highest BCUT2D eigenvalue weighted by Crippen LogP contribution is 2.11. The Morgan fingerprint density at radius 2 is 2.12 bits per heavy atom. The summed E-state index contributed by atoms with van der Waals surface area (Å²) < 4.78 is 0. The summed E-state index contributed by atoms with van der Waals surface area (Å²) in [6.07, 6.45) is 1.21. The first-order valence-electron chi connectivity index (χ1n) is 5.41. The number of benzene rings is 1. The maximum absolute atomic E-state index is 12.0. The van der Waals surface area contributed by atoms with E-state index in [1.54, 1.807) is 11.9 Å². The third kappa shape index (κ3) is 2.83. The summed E-state index contributed by atoms with van der Waals surface area (Å²) in [5, 5.41) is 8.48. The Labute approximate surface area is 96.3 Å². The number of aryl methyl sites for hydroxylation is 1. The minimum Gasteiger partial charge on any atom is -0.341 e. The number of carbonyl (C=O) groups excluding carboxylic acids is 1. The largest absolute Gasteiger partial charge is 0.341 e. The van der Waals surface area contributed by atoms with E-state index in [1.165, 1.54) is 0 Å². The van der Waals surface area contributed by atoms with Crippen LogP contribution in [0.25, 0.3) is 0 Å². The Hall–Kier alpha value is -1.82. The van der Waals surface area contributed by atoms with Crippen molar-refractivity contribution in [2.45, 2.75) is 19.8 Å². The van der Waals surface area contributed by atoms with E-state index >= 15 is 0 Å². The van der Waals surface area contributed by atoms with Crippen LogP contribution in [0.4, 0.5) is 0 Å². The molecule has 0 fully saturated rings. The number of nitrogens with zero attached hydrogens (tertiary/aromatic N) is 2. The van der Waals surface area contributed by atoms with Gasteiger partial charge in [-0.3, -0.25) is 4.79 Å². The lowest BCUT2D eigenvalue weighted by Crippen LogP contribution is -2.28. The third-order valence-corrected chi connectivity index (χ3v) is 2.53. The van der Waals surface area contributed by atoms with Crippen molar-refractivity contribution in [2.75, 3.05) is 13.6 Å². The van der Waals surface area contributed by atoms with Crippen molar-refractivity contribution in [3.63, 3.8) is 0 Å². The monoisotopic (exact) mass is 216 g/mol. The molecule has 0 saturated carbocycles. The molecule has 84 valence electrons. The highest BCUT2D eigenvalue weighted by molar-refractivity contribution is 5.95. The van der Waals surface area contributed by atoms with E-state index in [0.29, 0.717) is 13.0 Å². The van der Waals surface area contributed by atoms with E-state index in [1.807, 2.05) is 37.3 Å². The van der Waals surface area contributed by atoms with Crippen molar-refractivity contribution >= 4 is 5.91 Å². The molecule has 0 aliphatic rings.